The Bertz CT molecular complexity index is 337. The minimum Gasteiger partial charge on any atom is -0.355 e. The molecule has 1 N–H and O–H groups in total. The van der Waals surface area contributed by atoms with Crippen LogP contribution in [0.3, 0.4) is 0 Å². The molecule has 14 heavy (non-hydrogen) atoms. The SMILES string of the molecule is Ic1ccc(N2CC3(CNC3)C2)nc1. The molecule has 1 spiro atoms. The first-order valence-electron chi connectivity index (χ1n) is 4.85. The summed E-state index contributed by atoms with van der Waals surface area (Å²) in [6.45, 7) is 4.73. The van der Waals surface area contributed by atoms with Gasteiger partial charge in [-0.2, -0.15) is 0 Å². The number of hydrogen-bond donors (Lipinski definition) is 1. The fourth-order valence-electron chi connectivity index (χ4n) is 2.18. The van der Waals surface area contributed by atoms with E-state index in [1.165, 1.54) is 29.7 Å². The van der Waals surface area contributed by atoms with Crippen LogP contribution < -0.4 is 10.2 Å². The van der Waals surface area contributed by atoms with Gasteiger partial charge in [-0.05, 0) is 34.7 Å². The summed E-state index contributed by atoms with van der Waals surface area (Å²) in [5.74, 6) is 1.13. The molecule has 3 nitrogen and oxygen atoms in total. The van der Waals surface area contributed by atoms with E-state index < -0.39 is 0 Å². The molecular formula is C10H12IN3. The van der Waals surface area contributed by atoms with Crippen LogP contribution in [-0.4, -0.2) is 31.2 Å². The van der Waals surface area contributed by atoms with Crippen molar-refractivity contribution in [3.8, 4) is 0 Å². The van der Waals surface area contributed by atoms with Crippen molar-refractivity contribution in [3.63, 3.8) is 0 Å². The molecule has 0 aliphatic carbocycles. The molecule has 0 saturated carbocycles. The maximum atomic E-state index is 4.42. The van der Waals surface area contributed by atoms with Gasteiger partial charge in [0.05, 0.1) is 0 Å². The van der Waals surface area contributed by atoms with Crippen LogP contribution >= 0.6 is 22.6 Å². The first kappa shape index (κ1) is 8.91. The summed E-state index contributed by atoms with van der Waals surface area (Å²) in [7, 11) is 0. The van der Waals surface area contributed by atoms with Crippen molar-refractivity contribution >= 4 is 28.4 Å². The molecule has 0 radical (unpaired) electrons. The third-order valence-electron chi connectivity index (χ3n) is 3.09. The van der Waals surface area contributed by atoms with Gasteiger partial charge in [0, 0.05) is 41.4 Å². The zero-order chi connectivity index (χ0) is 9.60. The lowest BCUT2D eigenvalue weighted by Crippen LogP contribution is -2.71. The van der Waals surface area contributed by atoms with Gasteiger partial charge in [0.2, 0.25) is 0 Å². The van der Waals surface area contributed by atoms with Gasteiger partial charge in [-0.15, -0.1) is 0 Å². The zero-order valence-electron chi connectivity index (χ0n) is 7.83. The number of halogens is 1. The van der Waals surface area contributed by atoms with Crippen molar-refractivity contribution in [1.29, 1.82) is 0 Å². The predicted molar refractivity (Wildman–Crippen MR) is 64.5 cm³/mol. The lowest BCUT2D eigenvalue weighted by atomic mass is 9.74. The van der Waals surface area contributed by atoms with Gasteiger partial charge < -0.3 is 10.2 Å². The molecule has 0 bridgehead atoms. The number of nitrogens with one attached hydrogen (secondary N) is 1. The van der Waals surface area contributed by atoms with E-state index in [9.17, 15) is 0 Å². The highest BCUT2D eigenvalue weighted by Crippen LogP contribution is 2.36. The van der Waals surface area contributed by atoms with Gasteiger partial charge in [-0.1, -0.05) is 0 Å². The van der Waals surface area contributed by atoms with E-state index in [0.29, 0.717) is 5.41 Å². The van der Waals surface area contributed by atoms with E-state index in [2.05, 4.69) is 49.9 Å². The Labute approximate surface area is 97.0 Å². The molecule has 4 heteroatoms. The smallest absolute Gasteiger partial charge is 0.128 e. The number of anilines is 1. The van der Waals surface area contributed by atoms with Crippen LogP contribution in [0, 0.1) is 8.99 Å². The van der Waals surface area contributed by atoms with Crippen molar-refractivity contribution in [3.05, 3.63) is 21.9 Å². The maximum absolute atomic E-state index is 4.42. The molecule has 2 aliphatic heterocycles. The lowest BCUT2D eigenvalue weighted by molar-refractivity contribution is 0.120. The Morgan fingerprint density at radius 2 is 2.14 bits per heavy atom. The van der Waals surface area contributed by atoms with Gasteiger partial charge in [0.1, 0.15) is 5.82 Å². The average molecular weight is 301 g/mol. The van der Waals surface area contributed by atoms with Gasteiger partial charge in [-0.3, -0.25) is 0 Å². The molecule has 2 fully saturated rings. The van der Waals surface area contributed by atoms with Gasteiger partial charge in [0.15, 0.2) is 0 Å². The third-order valence-corrected chi connectivity index (χ3v) is 3.73. The van der Waals surface area contributed by atoms with Crippen molar-refractivity contribution < 1.29 is 0 Å². The highest BCUT2D eigenvalue weighted by atomic mass is 127. The standard InChI is InChI=1S/C10H12IN3/c11-8-1-2-9(13-3-8)14-6-10(7-14)4-12-5-10/h1-3,12H,4-7H2. The average Bonchev–Trinajstić information content (AvgIpc) is 2.03. The van der Waals surface area contributed by atoms with Crippen LogP contribution in [0.1, 0.15) is 0 Å². The van der Waals surface area contributed by atoms with E-state index >= 15 is 0 Å². The summed E-state index contributed by atoms with van der Waals surface area (Å²) in [4.78, 5) is 6.78. The second-order valence-corrected chi connectivity index (χ2v) is 5.54. The highest BCUT2D eigenvalue weighted by Gasteiger charge is 2.47. The van der Waals surface area contributed by atoms with Crippen LogP contribution in [0.5, 0.6) is 0 Å². The molecule has 1 aromatic rings. The lowest BCUT2D eigenvalue weighted by Gasteiger charge is -2.56. The van der Waals surface area contributed by atoms with Crippen LogP contribution in [0.2, 0.25) is 0 Å². The summed E-state index contributed by atoms with van der Waals surface area (Å²) in [5, 5.41) is 3.34. The first-order valence-corrected chi connectivity index (χ1v) is 5.93. The van der Waals surface area contributed by atoms with Crippen molar-refractivity contribution in [2.45, 2.75) is 0 Å². The Kier molecular flexibility index (Phi) is 1.95. The second kappa shape index (κ2) is 3.06. The predicted octanol–water partition coefficient (Wildman–Crippen LogP) is 1.10. The fourth-order valence-corrected chi connectivity index (χ4v) is 2.50. The van der Waals surface area contributed by atoms with E-state index in [-0.39, 0.29) is 0 Å². The Balaban J connectivity index is 1.70. The minimum absolute atomic E-state index is 0.588. The topological polar surface area (TPSA) is 28.2 Å². The molecule has 74 valence electrons. The summed E-state index contributed by atoms with van der Waals surface area (Å²) in [5.41, 5.74) is 0.588. The van der Waals surface area contributed by atoms with Gasteiger partial charge >= 0.3 is 0 Å². The summed E-state index contributed by atoms with van der Waals surface area (Å²) in [6.07, 6.45) is 1.93. The molecule has 1 aromatic heterocycles. The zero-order valence-corrected chi connectivity index (χ0v) is 9.99. The van der Waals surface area contributed by atoms with Crippen molar-refractivity contribution in [1.82, 2.24) is 10.3 Å². The minimum atomic E-state index is 0.588. The quantitative estimate of drug-likeness (QED) is 0.787. The monoisotopic (exact) mass is 301 g/mol. The Hall–Kier alpha value is -0.360. The van der Waals surface area contributed by atoms with E-state index in [1.54, 1.807) is 0 Å². The van der Waals surface area contributed by atoms with Gasteiger partial charge in [0.25, 0.3) is 0 Å². The maximum Gasteiger partial charge on any atom is 0.128 e. The molecule has 2 saturated heterocycles. The molecule has 3 rings (SSSR count). The molecule has 0 atom stereocenters. The van der Waals surface area contributed by atoms with E-state index in [0.717, 1.165) is 5.82 Å². The van der Waals surface area contributed by atoms with Gasteiger partial charge in [-0.25, -0.2) is 4.98 Å². The first-order chi connectivity index (χ1) is 6.77. The summed E-state index contributed by atoms with van der Waals surface area (Å²) >= 11 is 2.28. The van der Waals surface area contributed by atoms with Crippen molar-refractivity contribution in [2.24, 2.45) is 5.41 Å². The van der Waals surface area contributed by atoms with Crippen LogP contribution in [0.15, 0.2) is 18.3 Å². The van der Waals surface area contributed by atoms with E-state index in [1.807, 2.05) is 6.20 Å². The van der Waals surface area contributed by atoms with Crippen LogP contribution in [0.4, 0.5) is 5.82 Å². The number of hydrogen-bond acceptors (Lipinski definition) is 3. The largest absolute Gasteiger partial charge is 0.355 e. The van der Waals surface area contributed by atoms with Crippen LogP contribution in [-0.2, 0) is 0 Å². The highest BCUT2D eigenvalue weighted by molar-refractivity contribution is 14.1. The molecule has 0 amide bonds. The molecule has 3 heterocycles. The Morgan fingerprint density at radius 3 is 2.64 bits per heavy atom. The summed E-state index contributed by atoms with van der Waals surface area (Å²) in [6, 6.07) is 4.23. The number of nitrogens with zero attached hydrogens (tertiary/aromatic N) is 2. The molecule has 2 aliphatic rings. The van der Waals surface area contributed by atoms with E-state index in [4.69, 9.17) is 0 Å². The number of rotatable bonds is 1. The fraction of sp³-hybridized carbons (Fsp3) is 0.500. The second-order valence-electron chi connectivity index (χ2n) is 4.29. The summed E-state index contributed by atoms with van der Waals surface area (Å²) < 4.78 is 1.20. The molecule has 0 unspecified atom stereocenters. The van der Waals surface area contributed by atoms with Crippen LogP contribution in [0.25, 0.3) is 0 Å². The number of aromatic nitrogens is 1. The molecule has 0 aromatic carbocycles. The molecular weight excluding hydrogens is 289 g/mol. The Morgan fingerprint density at radius 1 is 1.36 bits per heavy atom. The number of pyridine rings is 1. The normalized spacial score (nSPS) is 23.1. The third kappa shape index (κ3) is 1.32. The van der Waals surface area contributed by atoms with Crippen molar-refractivity contribution in [2.75, 3.05) is 31.1 Å².